The number of hydrogen-bond donors (Lipinski definition) is 1. The summed E-state index contributed by atoms with van der Waals surface area (Å²) in [5.74, 6) is 1.45. The summed E-state index contributed by atoms with van der Waals surface area (Å²) < 4.78 is 5.36. The Labute approximate surface area is 82.0 Å². The molecular formula is C11H11NO2. The van der Waals surface area contributed by atoms with Crippen LogP contribution in [-0.2, 0) is 13.0 Å². The molecule has 0 radical (unpaired) electrons. The van der Waals surface area contributed by atoms with Crippen LogP contribution in [0.4, 0.5) is 0 Å². The number of pyridine rings is 1. The first-order valence-electron chi connectivity index (χ1n) is 4.46. The molecule has 2 aromatic rings. The van der Waals surface area contributed by atoms with Gasteiger partial charge >= 0.3 is 0 Å². The third kappa shape index (κ3) is 2.00. The van der Waals surface area contributed by atoms with Crippen LogP contribution in [0.2, 0.25) is 0 Å². The molecule has 0 aliphatic carbocycles. The van der Waals surface area contributed by atoms with Crippen LogP contribution < -0.4 is 0 Å². The lowest BCUT2D eigenvalue weighted by Gasteiger charge is -1.96. The number of aromatic nitrogens is 1. The molecule has 0 saturated carbocycles. The molecule has 0 aliphatic heterocycles. The molecule has 0 aliphatic rings. The van der Waals surface area contributed by atoms with Gasteiger partial charge in [0.25, 0.3) is 0 Å². The summed E-state index contributed by atoms with van der Waals surface area (Å²) in [6.07, 6.45) is 4.26. The second-order valence-corrected chi connectivity index (χ2v) is 3.06. The first-order valence-corrected chi connectivity index (χ1v) is 4.46. The summed E-state index contributed by atoms with van der Waals surface area (Å²) in [6.45, 7) is -0.0486. The van der Waals surface area contributed by atoms with Crippen molar-refractivity contribution in [2.24, 2.45) is 0 Å². The van der Waals surface area contributed by atoms with Gasteiger partial charge in [-0.25, -0.2) is 0 Å². The first-order chi connectivity index (χ1) is 6.88. The van der Waals surface area contributed by atoms with E-state index in [9.17, 15) is 0 Å². The lowest BCUT2D eigenvalue weighted by Crippen LogP contribution is -1.86. The number of aliphatic hydroxyl groups excluding tert-OH is 1. The van der Waals surface area contributed by atoms with Gasteiger partial charge in [-0.3, -0.25) is 4.98 Å². The van der Waals surface area contributed by atoms with Crippen molar-refractivity contribution in [1.29, 1.82) is 0 Å². The summed E-state index contributed by atoms with van der Waals surface area (Å²) >= 11 is 0. The fourth-order valence-electron chi connectivity index (χ4n) is 1.31. The number of nitrogens with zero attached hydrogens (tertiary/aromatic N) is 1. The maximum Gasteiger partial charge on any atom is 0.129 e. The van der Waals surface area contributed by atoms with E-state index in [1.807, 2.05) is 18.2 Å². The zero-order chi connectivity index (χ0) is 9.80. The van der Waals surface area contributed by atoms with Gasteiger partial charge < -0.3 is 9.52 Å². The van der Waals surface area contributed by atoms with E-state index < -0.39 is 0 Å². The Morgan fingerprint density at radius 3 is 2.71 bits per heavy atom. The molecule has 0 aromatic carbocycles. The van der Waals surface area contributed by atoms with Crippen molar-refractivity contribution < 1.29 is 9.52 Å². The second-order valence-electron chi connectivity index (χ2n) is 3.06. The highest BCUT2D eigenvalue weighted by molar-refractivity contribution is 5.18. The Morgan fingerprint density at radius 1 is 1.21 bits per heavy atom. The average molecular weight is 189 g/mol. The van der Waals surface area contributed by atoms with E-state index in [4.69, 9.17) is 9.52 Å². The molecule has 3 heteroatoms. The van der Waals surface area contributed by atoms with E-state index in [2.05, 4.69) is 4.98 Å². The van der Waals surface area contributed by atoms with E-state index in [0.29, 0.717) is 12.2 Å². The van der Waals surface area contributed by atoms with Crippen molar-refractivity contribution in [3.05, 3.63) is 53.7 Å². The lowest BCUT2D eigenvalue weighted by atomic mass is 10.2. The zero-order valence-electron chi connectivity index (χ0n) is 7.68. The molecule has 2 rings (SSSR count). The maximum atomic E-state index is 8.81. The molecule has 2 aromatic heterocycles. The molecule has 0 amide bonds. The van der Waals surface area contributed by atoms with Gasteiger partial charge in [0, 0.05) is 18.8 Å². The molecule has 14 heavy (non-hydrogen) atoms. The van der Waals surface area contributed by atoms with Crippen molar-refractivity contribution in [2.75, 3.05) is 0 Å². The van der Waals surface area contributed by atoms with Crippen LogP contribution in [0.1, 0.15) is 17.1 Å². The molecule has 0 saturated heterocycles. The van der Waals surface area contributed by atoms with Gasteiger partial charge in [-0.2, -0.15) is 0 Å². The Hall–Kier alpha value is -1.61. The summed E-state index contributed by atoms with van der Waals surface area (Å²) in [5, 5.41) is 8.81. The van der Waals surface area contributed by atoms with E-state index in [-0.39, 0.29) is 6.61 Å². The van der Waals surface area contributed by atoms with Gasteiger partial charge in [0.1, 0.15) is 18.1 Å². The summed E-state index contributed by atoms with van der Waals surface area (Å²) in [4.78, 5) is 4.02. The van der Waals surface area contributed by atoms with Gasteiger partial charge in [-0.05, 0) is 23.8 Å². The summed E-state index contributed by atoms with van der Waals surface area (Å²) in [6, 6.07) is 7.55. The van der Waals surface area contributed by atoms with Crippen LogP contribution in [0, 0.1) is 0 Å². The Bertz CT molecular complexity index is 395. The molecule has 3 nitrogen and oxygen atoms in total. The standard InChI is InChI=1S/C11H11NO2/c13-8-11-4-3-10(14-11)6-9-2-1-5-12-7-9/h1-5,7,13H,6,8H2. The SMILES string of the molecule is OCc1ccc(Cc2cccnc2)o1. The minimum absolute atomic E-state index is 0.0486. The van der Waals surface area contributed by atoms with E-state index in [0.717, 1.165) is 11.3 Å². The molecule has 0 atom stereocenters. The van der Waals surface area contributed by atoms with Gasteiger partial charge in [-0.15, -0.1) is 0 Å². The van der Waals surface area contributed by atoms with Gasteiger partial charge in [0.2, 0.25) is 0 Å². The summed E-state index contributed by atoms with van der Waals surface area (Å²) in [7, 11) is 0. The van der Waals surface area contributed by atoms with E-state index in [1.165, 1.54) is 0 Å². The molecule has 0 fully saturated rings. The molecule has 72 valence electrons. The third-order valence-electron chi connectivity index (χ3n) is 1.97. The molecular weight excluding hydrogens is 178 g/mol. The van der Waals surface area contributed by atoms with Gasteiger partial charge in [-0.1, -0.05) is 6.07 Å². The minimum Gasteiger partial charge on any atom is -0.463 e. The number of aliphatic hydroxyl groups is 1. The van der Waals surface area contributed by atoms with Gasteiger partial charge in [0.05, 0.1) is 0 Å². The number of hydrogen-bond acceptors (Lipinski definition) is 3. The highest BCUT2D eigenvalue weighted by atomic mass is 16.4. The van der Waals surface area contributed by atoms with Crippen molar-refractivity contribution in [3.8, 4) is 0 Å². The first kappa shape index (κ1) is 8.97. The van der Waals surface area contributed by atoms with Crippen molar-refractivity contribution in [1.82, 2.24) is 4.98 Å². The van der Waals surface area contributed by atoms with Gasteiger partial charge in [0.15, 0.2) is 0 Å². The fourth-order valence-corrected chi connectivity index (χ4v) is 1.31. The van der Waals surface area contributed by atoms with Crippen LogP contribution in [0.25, 0.3) is 0 Å². The lowest BCUT2D eigenvalue weighted by molar-refractivity contribution is 0.244. The Kier molecular flexibility index (Phi) is 2.60. The van der Waals surface area contributed by atoms with Crippen LogP contribution in [-0.4, -0.2) is 10.1 Å². The van der Waals surface area contributed by atoms with Crippen molar-refractivity contribution in [2.45, 2.75) is 13.0 Å². The van der Waals surface area contributed by atoms with Crippen molar-refractivity contribution >= 4 is 0 Å². The number of rotatable bonds is 3. The minimum atomic E-state index is -0.0486. The van der Waals surface area contributed by atoms with Crippen molar-refractivity contribution in [3.63, 3.8) is 0 Å². The zero-order valence-corrected chi connectivity index (χ0v) is 7.68. The largest absolute Gasteiger partial charge is 0.463 e. The molecule has 1 N–H and O–H groups in total. The topological polar surface area (TPSA) is 46.3 Å². The Balaban J connectivity index is 2.11. The summed E-state index contributed by atoms with van der Waals surface area (Å²) in [5.41, 5.74) is 1.10. The van der Waals surface area contributed by atoms with E-state index in [1.54, 1.807) is 18.5 Å². The highest BCUT2D eigenvalue weighted by Gasteiger charge is 2.01. The van der Waals surface area contributed by atoms with E-state index >= 15 is 0 Å². The monoisotopic (exact) mass is 189 g/mol. The predicted octanol–water partition coefficient (Wildman–Crippen LogP) is 1.76. The predicted molar refractivity (Wildman–Crippen MR) is 51.7 cm³/mol. The quantitative estimate of drug-likeness (QED) is 0.800. The second kappa shape index (κ2) is 4.07. The Morgan fingerprint density at radius 2 is 2.07 bits per heavy atom. The average Bonchev–Trinajstić information content (AvgIpc) is 2.67. The molecule has 0 spiro atoms. The smallest absolute Gasteiger partial charge is 0.129 e. The van der Waals surface area contributed by atoms with Crippen LogP contribution in [0.3, 0.4) is 0 Å². The maximum absolute atomic E-state index is 8.81. The third-order valence-corrected chi connectivity index (χ3v) is 1.97. The molecule has 2 heterocycles. The van der Waals surface area contributed by atoms with Crippen LogP contribution in [0.15, 0.2) is 41.1 Å². The molecule has 0 unspecified atom stereocenters. The number of furan rings is 1. The van der Waals surface area contributed by atoms with Crippen LogP contribution in [0.5, 0.6) is 0 Å². The normalized spacial score (nSPS) is 10.4. The fraction of sp³-hybridized carbons (Fsp3) is 0.182. The highest BCUT2D eigenvalue weighted by Crippen LogP contribution is 2.12. The molecule has 0 bridgehead atoms. The van der Waals surface area contributed by atoms with Crippen LogP contribution >= 0.6 is 0 Å².